The molecule has 0 fully saturated rings. The maximum absolute atomic E-state index is 13.0. The Hall–Kier alpha value is -4.91. The summed E-state index contributed by atoms with van der Waals surface area (Å²) in [7, 11) is 0. The Morgan fingerprint density at radius 2 is 1.43 bits per heavy atom. The third-order valence-electron chi connectivity index (χ3n) is 6.78. The van der Waals surface area contributed by atoms with Crippen LogP contribution < -0.4 is 30.8 Å². The number of aryl methyl sites for hydroxylation is 2. The van der Waals surface area contributed by atoms with Gasteiger partial charge in [0.2, 0.25) is 5.52 Å². The Kier molecular flexibility index (Phi) is 8.21. The third-order valence-corrected chi connectivity index (χ3v) is 6.78. The third kappa shape index (κ3) is 6.21. The number of nitrogens with two attached hydrogens (primary N) is 1. The first-order chi connectivity index (χ1) is 19.5. The van der Waals surface area contributed by atoms with Crippen molar-refractivity contribution in [2.24, 2.45) is 0 Å². The summed E-state index contributed by atoms with van der Waals surface area (Å²) in [6.07, 6.45) is 8.38. The highest BCUT2D eigenvalue weighted by molar-refractivity contribution is 6.06. The molecule has 0 bridgehead atoms. The van der Waals surface area contributed by atoms with Crippen molar-refractivity contribution in [3.63, 3.8) is 0 Å². The lowest BCUT2D eigenvalue weighted by Crippen LogP contribution is -2.33. The van der Waals surface area contributed by atoms with Crippen molar-refractivity contribution in [3.8, 4) is 0 Å². The van der Waals surface area contributed by atoms with E-state index in [-0.39, 0.29) is 5.91 Å². The molecule has 0 radical (unpaired) electrons. The van der Waals surface area contributed by atoms with Gasteiger partial charge in [-0.2, -0.15) is 4.57 Å². The lowest BCUT2D eigenvalue weighted by atomic mass is 10.1. The Morgan fingerprint density at radius 3 is 2.15 bits per heavy atom. The van der Waals surface area contributed by atoms with E-state index in [1.54, 1.807) is 0 Å². The molecule has 2 heterocycles. The number of hydrogen-bond donors (Lipinski definition) is 4. The van der Waals surface area contributed by atoms with E-state index in [9.17, 15) is 4.79 Å². The van der Waals surface area contributed by atoms with Gasteiger partial charge in [-0.05, 0) is 48.5 Å². The molecule has 5 N–H and O–H groups in total. The fraction of sp³-hybridized carbons (Fsp3) is 0.182. The second kappa shape index (κ2) is 12.3. The van der Waals surface area contributed by atoms with E-state index in [1.165, 1.54) is 5.52 Å². The molecule has 40 heavy (non-hydrogen) atoms. The number of hydrogen-bond acceptors (Lipinski definition) is 4. The smallest absolute Gasteiger partial charge is 0.255 e. The molecule has 0 saturated carbocycles. The Morgan fingerprint density at radius 1 is 0.725 bits per heavy atom. The molecular formula is C33H36N6O+2. The number of rotatable bonds is 10. The van der Waals surface area contributed by atoms with Gasteiger partial charge in [0.05, 0.1) is 28.1 Å². The van der Waals surface area contributed by atoms with Gasteiger partial charge >= 0.3 is 0 Å². The number of para-hydroxylation sites is 1. The van der Waals surface area contributed by atoms with Crippen LogP contribution in [0.15, 0.2) is 104 Å². The summed E-state index contributed by atoms with van der Waals surface area (Å²) in [6, 6.07) is 27.5. The topological polar surface area (TPSA) is 86.9 Å². The highest BCUT2D eigenvalue weighted by Crippen LogP contribution is 2.27. The van der Waals surface area contributed by atoms with E-state index in [2.05, 4.69) is 87.9 Å². The molecule has 0 aliphatic carbocycles. The molecule has 0 saturated heterocycles. The molecule has 202 valence electrons. The number of aromatic nitrogens is 2. The molecule has 0 atom stereocenters. The van der Waals surface area contributed by atoms with Crippen LogP contribution in [0.3, 0.4) is 0 Å². The van der Waals surface area contributed by atoms with E-state index in [0.717, 1.165) is 54.1 Å². The second-order valence-corrected chi connectivity index (χ2v) is 9.85. The van der Waals surface area contributed by atoms with Crippen LogP contribution in [0.2, 0.25) is 0 Å². The molecular weight excluding hydrogens is 496 g/mol. The number of amides is 1. The zero-order chi connectivity index (χ0) is 27.9. The number of carbonyl (C=O) groups excluding carboxylic acids is 1. The van der Waals surface area contributed by atoms with Crippen molar-refractivity contribution in [1.29, 1.82) is 0 Å². The van der Waals surface area contributed by atoms with E-state index in [1.807, 2.05) is 54.6 Å². The SMILES string of the molecule is CCC[n+]1ccc(Nc2ccc(NC(=O)c3ccc(Nc4cc[n+](CCC)c5ccccc45)cc3)c(N)c2)cc1. The Labute approximate surface area is 235 Å². The molecule has 0 spiro atoms. The highest BCUT2D eigenvalue weighted by Gasteiger charge is 2.13. The summed E-state index contributed by atoms with van der Waals surface area (Å²) >= 11 is 0. The maximum Gasteiger partial charge on any atom is 0.255 e. The first-order valence-electron chi connectivity index (χ1n) is 13.8. The summed E-state index contributed by atoms with van der Waals surface area (Å²) in [5.74, 6) is -0.215. The van der Waals surface area contributed by atoms with Gasteiger partial charge in [0, 0.05) is 54.0 Å². The van der Waals surface area contributed by atoms with Crippen LogP contribution in [0.1, 0.15) is 37.0 Å². The summed E-state index contributed by atoms with van der Waals surface area (Å²) in [5.41, 5.74) is 12.8. The van der Waals surface area contributed by atoms with Gasteiger partial charge in [-0.1, -0.05) is 26.0 Å². The molecule has 2 aromatic heterocycles. The number of nitrogens with zero attached hydrogens (tertiary/aromatic N) is 2. The number of nitrogen functional groups attached to an aromatic ring is 1. The van der Waals surface area contributed by atoms with Crippen LogP contribution in [0.4, 0.5) is 34.1 Å². The predicted octanol–water partition coefficient (Wildman–Crippen LogP) is 6.56. The van der Waals surface area contributed by atoms with Gasteiger partial charge in [0.1, 0.15) is 13.1 Å². The average molecular weight is 533 g/mol. The maximum atomic E-state index is 13.0. The molecule has 3 aromatic carbocycles. The molecule has 7 heteroatoms. The van der Waals surface area contributed by atoms with Gasteiger partial charge in [-0.15, -0.1) is 0 Å². The average Bonchev–Trinajstić information content (AvgIpc) is 2.97. The Balaban J connectivity index is 1.24. The van der Waals surface area contributed by atoms with Crippen LogP contribution in [-0.2, 0) is 13.1 Å². The first kappa shape index (κ1) is 26.7. The zero-order valence-electron chi connectivity index (χ0n) is 23.0. The van der Waals surface area contributed by atoms with Gasteiger partial charge in [-0.25, -0.2) is 4.57 Å². The summed E-state index contributed by atoms with van der Waals surface area (Å²) < 4.78 is 4.42. The second-order valence-electron chi connectivity index (χ2n) is 9.85. The van der Waals surface area contributed by atoms with Crippen molar-refractivity contribution < 1.29 is 13.9 Å². The van der Waals surface area contributed by atoms with Crippen LogP contribution in [-0.4, -0.2) is 5.91 Å². The summed E-state index contributed by atoms with van der Waals surface area (Å²) in [5, 5.41) is 10.9. The fourth-order valence-electron chi connectivity index (χ4n) is 4.76. The van der Waals surface area contributed by atoms with Crippen LogP contribution in [0.25, 0.3) is 10.9 Å². The normalized spacial score (nSPS) is 10.8. The van der Waals surface area contributed by atoms with Crippen LogP contribution in [0.5, 0.6) is 0 Å². The van der Waals surface area contributed by atoms with Gasteiger partial charge in [0.25, 0.3) is 5.91 Å². The van der Waals surface area contributed by atoms with E-state index in [0.29, 0.717) is 16.9 Å². The fourth-order valence-corrected chi connectivity index (χ4v) is 4.76. The standard InChI is InChI=1S/C33H34N6O/c1-3-18-38-20-15-26(16-21-38)35-27-13-14-31(29(34)23-27)37-33(40)24-9-11-25(12-10-24)36-30-17-22-39(19-4-2)32-8-6-5-7-28(30)32/h5-17,20-23H,3-4,18-19,34H2,1-2H3,(H,37,40)/p+2. The van der Waals surface area contributed by atoms with Crippen LogP contribution >= 0.6 is 0 Å². The number of anilines is 6. The van der Waals surface area contributed by atoms with Crippen molar-refractivity contribution in [1.82, 2.24) is 0 Å². The minimum absolute atomic E-state index is 0.215. The number of benzene rings is 3. The van der Waals surface area contributed by atoms with Gasteiger partial charge in [-0.3, -0.25) is 4.79 Å². The van der Waals surface area contributed by atoms with E-state index in [4.69, 9.17) is 5.73 Å². The van der Waals surface area contributed by atoms with Crippen molar-refractivity contribution in [3.05, 3.63) is 109 Å². The molecule has 7 nitrogen and oxygen atoms in total. The van der Waals surface area contributed by atoms with Crippen molar-refractivity contribution in [2.75, 3.05) is 21.7 Å². The van der Waals surface area contributed by atoms with Gasteiger partial charge in [0.15, 0.2) is 18.6 Å². The highest BCUT2D eigenvalue weighted by atomic mass is 16.1. The largest absolute Gasteiger partial charge is 0.397 e. The number of fused-ring (bicyclic) bond motifs is 1. The number of pyridine rings is 2. The lowest BCUT2D eigenvalue weighted by molar-refractivity contribution is -0.696. The quantitative estimate of drug-likeness (QED) is 0.121. The molecule has 5 aromatic rings. The minimum atomic E-state index is -0.215. The van der Waals surface area contributed by atoms with E-state index >= 15 is 0 Å². The zero-order valence-corrected chi connectivity index (χ0v) is 23.0. The first-order valence-corrected chi connectivity index (χ1v) is 13.8. The Bertz CT molecular complexity index is 1610. The molecule has 0 unspecified atom stereocenters. The number of carbonyl (C=O) groups is 1. The molecule has 1 amide bonds. The van der Waals surface area contributed by atoms with Crippen LogP contribution in [0, 0.1) is 0 Å². The lowest BCUT2D eigenvalue weighted by Gasteiger charge is -2.12. The molecule has 0 aliphatic heterocycles. The summed E-state index contributed by atoms with van der Waals surface area (Å²) in [6.45, 7) is 6.30. The molecule has 5 rings (SSSR count). The number of nitrogens with one attached hydrogen (secondary N) is 3. The monoisotopic (exact) mass is 532 g/mol. The van der Waals surface area contributed by atoms with E-state index < -0.39 is 0 Å². The molecule has 0 aliphatic rings. The van der Waals surface area contributed by atoms with Crippen molar-refractivity contribution in [2.45, 2.75) is 39.8 Å². The predicted molar refractivity (Wildman–Crippen MR) is 163 cm³/mol. The minimum Gasteiger partial charge on any atom is -0.397 e. The van der Waals surface area contributed by atoms with Crippen molar-refractivity contribution >= 4 is 50.9 Å². The summed E-state index contributed by atoms with van der Waals surface area (Å²) in [4.78, 5) is 13.0. The van der Waals surface area contributed by atoms with Gasteiger partial charge < -0.3 is 21.7 Å².